The van der Waals surface area contributed by atoms with Crippen molar-refractivity contribution in [1.82, 2.24) is 4.90 Å². The minimum atomic E-state index is -1.09. The van der Waals surface area contributed by atoms with Crippen LogP contribution in [0.5, 0.6) is 0 Å². The van der Waals surface area contributed by atoms with Gasteiger partial charge < -0.3 is 19.1 Å². The van der Waals surface area contributed by atoms with Crippen LogP contribution in [0.4, 0.5) is 4.79 Å². The lowest BCUT2D eigenvalue weighted by Crippen LogP contribution is -2.46. The highest BCUT2D eigenvalue weighted by Gasteiger charge is 2.41. The SMILES string of the molecule is CCO[12C](=O)C(C[C@@H]1c2ccc(Cl)cc2CC[C@H]1N(C)C(=O)OC(C)(C)C)C(=O)OC. The second-order valence-electron chi connectivity index (χ2n) is 8.71. The predicted molar refractivity (Wildman–Crippen MR) is 117 cm³/mol. The van der Waals surface area contributed by atoms with Crippen LogP contribution in [0.25, 0.3) is 0 Å². The van der Waals surface area contributed by atoms with Crippen LogP contribution in [0.1, 0.15) is 57.6 Å². The molecule has 1 aliphatic rings. The fourth-order valence-corrected chi connectivity index (χ4v) is 4.20. The van der Waals surface area contributed by atoms with E-state index in [-0.39, 0.29) is 25.0 Å². The highest BCUT2D eigenvalue weighted by Crippen LogP contribution is 2.40. The maximum atomic E-state index is 12.8. The molecule has 0 aliphatic heterocycles. The number of halogens is 1. The number of carbonyl (C=O) groups is 3. The van der Waals surface area contributed by atoms with E-state index in [4.69, 9.17) is 25.8 Å². The summed E-state index contributed by atoms with van der Waals surface area (Å²) in [4.78, 5) is 39.3. The number of amides is 1. The quantitative estimate of drug-likeness (QED) is 0.362. The predicted octanol–water partition coefficient (Wildman–Crippen LogP) is 4.35. The average molecular weight is 454 g/mol. The summed E-state index contributed by atoms with van der Waals surface area (Å²) in [6, 6.07) is 5.30. The molecular weight excluding hydrogens is 422 g/mol. The number of fused-ring (bicyclic) bond motifs is 1. The van der Waals surface area contributed by atoms with Crippen molar-refractivity contribution in [1.29, 1.82) is 0 Å². The van der Waals surface area contributed by atoms with Gasteiger partial charge in [-0.2, -0.15) is 0 Å². The molecule has 0 heterocycles. The Kier molecular flexibility index (Phi) is 8.34. The maximum Gasteiger partial charge on any atom is 0.410 e. The molecule has 7 nitrogen and oxygen atoms in total. The van der Waals surface area contributed by atoms with Crippen molar-refractivity contribution in [3.8, 4) is 0 Å². The van der Waals surface area contributed by atoms with Crippen LogP contribution < -0.4 is 0 Å². The molecule has 1 amide bonds. The molecule has 1 aliphatic carbocycles. The van der Waals surface area contributed by atoms with Crippen LogP contribution >= 0.6 is 11.6 Å². The van der Waals surface area contributed by atoms with Gasteiger partial charge in [-0.1, -0.05) is 17.7 Å². The molecule has 0 bridgehead atoms. The summed E-state index contributed by atoms with van der Waals surface area (Å²) in [5.41, 5.74) is 1.36. The number of methoxy groups -OCH3 is 1. The first-order valence-corrected chi connectivity index (χ1v) is 10.8. The molecule has 172 valence electrons. The van der Waals surface area contributed by atoms with E-state index in [1.165, 1.54) is 7.11 Å². The van der Waals surface area contributed by atoms with E-state index in [1.54, 1.807) is 24.9 Å². The van der Waals surface area contributed by atoms with Crippen LogP contribution in [-0.2, 0) is 30.2 Å². The summed E-state index contributed by atoms with van der Waals surface area (Å²) in [7, 11) is 2.93. The number of esters is 2. The summed E-state index contributed by atoms with van der Waals surface area (Å²) in [6.45, 7) is 7.26. The van der Waals surface area contributed by atoms with Gasteiger partial charge in [0, 0.05) is 24.0 Å². The van der Waals surface area contributed by atoms with Gasteiger partial charge in [-0.05, 0) is 70.2 Å². The van der Waals surface area contributed by atoms with Crippen molar-refractivity contribution in [3.05, 3.63) is 34.3 Å². The van der Waals surface area contributed by atoms with E-state index in [9.17, 15) is 14.4 Å². The summed E-state index contributed by atoms with van der Waals surface area (Å²) in [6.07, 6.45) is 1.06. The second kappa shape index (κ2) is 10.4. The Morgan fingerprint density at radius 1 is 1.23 bits per heavy atom. The second-order valence-corrected chi connectivity index (χ2v) is 9.15. The lowest BCUT2D eigenvalue weighted by molar-refractivity contribution is -0.161. The molecular formula is C23H32ClNO6. The van der Waals surface area contributed by atoms with Crippen molar-refractivity contribution in [2.24, 2.45) is 5.92 Å². The minimum absolute atomic E-state index is 0.151. The largest absolute Gasteiger partial charge is 0.468 e. The monoisotopic (exact) mass is 453 g/mol. The molecule has 0 aromatic heterocycles. The topological polar surface area (TPSA) is 82.1 Å². The van der Waals surface area contributed by atoms with Gasteiger partial charge in [0.2, 0.25) is 0 Å². The highest BCUT2D eigenvalue weighted by molar-refractivity contribution is 6.30. The normalized spacial score (nSPS) is 19.1. The molecule has 1 aromatic carbocycles. The van der Waals surface area contributed by atoms with Gasteiger partial charge in [-0.15, -0.1) is 0 Å². The van der Waals surface area contributed by atoms with E-state index >= 15 is 0 Å². The van der Waals surface area contributed by atoms with Crippen LogP contribution in [0.3, 0.4) is 0 Å². The van der Waals surface area contributed by atoms with E-state index < -0.39 is 29.6 Å². The number of aryl methyl sites for hydroxylation is 1. The van der Waals surface area contributed by atoms with E-state index in [0.717, 1.165) is 11.1 Å². The van der Waals surface area contributed by atoms with Gasteiger partial charge in [0.1, 0.15) is 5.60 Å². The van der Waals surface area contributed by atoms with Crippen molar-refractivity contribution < 1.29 is 28.6 Å². The fourth-order valence-electron chi connectivity index (χ4n) is 4.01. The third-order valence-electron chi connectivity index (χ3n) is 5.40. The Labute approximate surface area is 189 Å². The molecule has 31 heavy (non-hydrogen) atoms. The average Bonchev–Trinajstić information content (AvgIpc) is 2.69. The summed E-state index contributed by atoms with van der Waals surface area (Å²) >= 11 is 6.18. The number of rotatable bonds is 6. The Bertz CT molecular complexity index is 819. The van der Waals surface area contributed by atoms with E-state index in [1.807, 2.05) is 32.9 Å². The Hall–Kier alpha value is -2.28. The fraction of sp³-hybridized carbons (Fsp3) is 0.609. The Balaban J connectivity index is 2.43. The van der Waals surface area contributed by atoms with Gasteiger partial charge in [0.25, 0.3) is 0 Å². The lowest BCUT2D eigenvalue weighted by atomic mass is 9.74. The van der Waals surface area contributed by atoms with Gasteiger partial charge >= 0.3 is 18.0 Å². The number of likely N-dealkylation sites (N-methyl/N-ethyl adjacent to an activating group) is 1. The van der Waals surface area contributed by atoms with E-state index in [2.05, 4.69) is 0 Å². The summed E-state index contributed by atoms with van der Waals surface area (Å²) in [5, 5.41) is 0.617. The zero-order valence-corrected chi connectivity index (χ0v) is 19.8. The number of carbonyl (C=O) groups excluding carboxylic acids is 3. The zero-order chi connectivity index (χ0) is 23.3. The van der Waals surface area contributed by atoms with Crippen LogP contribution in [0, 0.1) is 5.92 Å². The highest BCUT2D eigenvalue weighted by atomic mass is 35.5. The van der Waals surface area contributed by atoms with Crippen molar-refractivity contribution in [2.45, 2.75) is 64.5 Å². The molecule has 0 N–H and O–H groups in total. The van der Waals surface area contributed by atoms with Crippen LogP contribution in [0.15, 0.2) is 18.2 Å². The van der Waals surface area contributed by atoms with Crippen molar-refractivity contribution in [2.75, 3.05) is 20.8 Å². The smallest absolute Gasteiger partial charge is 0.410 e. The van der Waals surface area contributed by atoms with Crippen LogP contribution in [0.2, 0.25) is 5.02 Å². The van der Waals surface area contributed by atoms with Gasteiger partial charge in [0.05, 0.1) is 13.7 Å². The number of hydrogen-bond acceptors (Lipinski definition) is 6. The van der Waals surface area contributed by atoms with Crippen molar-refractivity contribution in [3.63, 3.8) is 0 Å². The number of hydrogen-bond donors (Lipinski definition) is 0. The zero-order valence-electron chi connectivity index (χ0n) is 19.1. The third-order valence-corrected chi connectivity index (χ3v) is 5.64. The summed E-state index contributed by atoms with van der Waals surface area (Å²) in [5.74, 6) is -2.68. The van der Waals surface area contributed by atoms with Crippen LogP contribution in [-0.4, -0.2) is 55.3 Å². The Morgan fingerprint density at radius 2 is 1.90 bits per heavy atom. The molecule has 0 saturated heterocycles. The van der Waals surface area contributed by atoms with Gasteiger partial charge in [-0.3, -0.25) is 9.59 Å². The molecule has 1 unspecified atom stereocenters. The Morgan fingerprint density at radius 3 is 2.48 bits per heavy atom. The molecule has 0 fully saturated rings. The lowest BCUT2D eigenvalue weighted by Gasteiger charge is -2.40. The maximum absolute atomic E-state index is 12.8. The van der Waals surface area contributed by atoms with Gasteiger partial charge in [-0.25, -0.2) is 4.79 Å². The van der Waals surface area contributed by atoms with E-state index in [0.29, 0.717) is 17.9 Å². The van der Waals surface area contributed by atoms with Crippen molar-refractivity contribution >= 4 is 29.6 Å². The molecule has 8 heteroatoms. The molecule has 0 radical (unpaired) electrons. The molecule has 0 saturated carbocycles. The molecule has 2 rings (SSSR count). The molecule has 1 aromatic rings. The summed E-state index contributed by atoms with van der Waals surface area (Å²) < 4.78 is 15.5. The standard InChI is InChI=1S/C23H32ClNO6/c1-7-30-21(27)18(20(26)29-6)13-17-16-10-9-15(24)12-14(16)8-11-19(17)25(5)22(28)31-23(2,3)4/h9-10,12,17-19H,7-8,11,13H2,1-6H3/t17-,18?,19-/m1/s1/i21+0. The van der Waals surface area contributed by atoms with Gasteiger partial charge in [0.15, 0.2) is 5.92 Å². The number of ether oxygens (including phenoxy) is 3. The first-order chi connectivity index (χ1) is 14.5. The first-order valence-electron chi connectivity index (χ1n) is 10.5. The number of nitrogens with zero attached hydrogens (tertiary/aromatic N) is 1. The minimum Gasteiger partial charge on any atom is -0.468 e. The number of benzene rings is 1. The molecule has 3 atom stereocenters. The third kappa shape index (κ3) is 6.35. The first kappa shape index (κ1) is 25.0. The molecule has 0 spiro atoms.